The van der Waals surface area contributed by atoms with Crippen LogP contribution in [0.3, 0.4) is 0 Å². The molecule has 4 nitrogen and oxygen atoms in total. The molecule has 0 amide bonds. The molecule has 2 rings (SSSR count). The van der Waals surface area contributed by atoms with Crippen LogP contribution in [-0.4, -0.2) is 22.2 Å². The predicted molar refractivity (Wildman–Crippen MR) is 81.8 cm³/mol. The SMILES string of the molecule is CCc1cc(C(=O)O)cc(OC2CC(C)CC(C)(C)C2)n1. The van der Waals surface area contributed by atoms with Crippen LogP contribution >= 0.6 is 0 Å². The van der Waals surface area contributed by atoms with Crippen LogP contribution in [0.1, 0.15) is 63.0 Å². The van der Waals surface area contributed by atoms with Gasteiger partial charge in [0.1, 0.15) is 6.10 Å². The van der Waals surface area contributed by atoms with Crippen LogP contribution < -0.4 is 4.74 Å². The van der Waals surface area contributed by atoms with Crippen molar-refractivity contribution >= 4 is 5.97 Å². The summed E-state index contributed by atoms with van der Waals surface area (Å²) in [5.41, 5.74) is 1.27. The first-order chi connectivity index (χ1) is 9.79. The summed E-state index contributed by atoms with van der Waals surface area (Å²) >= 11 is 0. The van der Waals surface area contributed by atoms with E-state index in [2.05, 4.69) is 25.8 Å². The number of ether oxygens (including phenoxy) is 1. The van der Waals surface area contributed by atoms with Crippen LogP contribution in [0.4, 0.5) is 0 Å². The molecule has 0 aromatic carbocycles. The number of aryl methyl sites for hydroxylation is 1. The second-order valence-corrected chi connectivity index (χ2v) is 7.00. The van der Waals surface area contributed by atoms with Crippen LogP contribution in [0.5, 0.6) is 5.88 Å². The van der Waals surface area contributed by atoms with Gasteiger partial charge in [0.25, 0.3) is 0 Å². The summed E-state index contributed by atoms with van der Waals surface area (Å²) in [7, 11) is 0. The number of carboxylic acids is 1. The smallest absolute Gasteiger partial charge is 0.335 e. The van der Waals surface area contributed by atoms with E-state index in [1.165, 1.54) is 12.5 Å². The van der Waals surface area contributed by atoms with Crippen molar-refractivity contribution in [3.05, 3.63) is 23.4 Å². The highest BCUT2D eigenvalue weighted by molar-refractivity contribution is 5.88. The average molecular weight is 291 g/mol. The Hall–Kier alpha value is -1.58. The lowest BCUT2D eigenvalue weighted by molar-refractivity contribution is 0.0526. The molecule has 1 heterocycles. The van der Waals surface area contributed by atoms with Gasteiger partial charge < -0.3 is 9.84 Å². The third-order valence-electron chi connectivity index (χ3n) is 4.10. The fraction of sp³-hybridized carbons (Fsp3) is 0.647. The molecule has 2 unspecified atom stereocenters. The molecule has 1 aromatic heterocycles. The molecule has 1 N–H and O–H groups in total. The third-order valence-corrected chi connectivity index (χ3v) is 4.10. The second kappa shape index (κ2) is 6.04. The summed E-state index contributed by atoms with van der Waals surface area (Å²) in [6.07, 6.45) is 4.01. The summed E-state index contributed by atoms with van der Waals surface area (Å²) in [4.78, 5) is 15.6. The lowest BCUT2D eigenvalue weighted by atomic mass is 9.71. The van der Waals surface area contributed by atoms with Gasteiger partial charge in [0.2, 0.25) is 5.88 Å². The zero-order valence-corrected chi connectivity index (χ0v) is 13.3. The summed E-state index contributed by atoms with van der Waals surface area (Å²) < 4.78 is 6.02. The van der Waals surface area contributed by atoms with Crippen molar-refractivity contribution < 1.29 is 14.6 Å². The minimum absolute atomic E-state index is 0.116. The number of pyridine rings is 1. The highest BCUT2D eigenvalue weighted by Gasteiger charge is 2.33. The predicted octanol–water partition coefficient (Wildman–Crippen LogP) is 3.94. The van der Waals surface area contributed by atoms with Gasteiger partial charge in [-0.15, -0.1) is 0 Å². The Morgan fingerprint density at radius 2 is 2.14 bits per heavy atom. The molecule has 0 radical (unpaired) electrons. The molecule has 2 atom stereocenters. The Bertz CT molecular complexity index is 525. The molecular formula is C17H25NO3. The largest absolute Gasteiger partial charge is 0.478 e. The highest BCUT2D eigenvalue weighted by Crippen LogP contribution is 2.39. The fourth-order valence-corrected chi connectivity index (χ4v) is 3.44. The zero-order chi connectivity index (χ0) is 15.6. The van der Waals surface area contributed by atoms with E-state index in [-0.39, 0.29) is 17.1 Å². The summed E-state index contributed by atoms with van der Waals surface area (Å²) in [6, 6.07) is 3.15. The number of rotatable bonds is 4. The van der Waals surface area contributed by atoms with E-state index in [1.54, 1.807) is 6.07 Å². The lowest BCUT2D eigenvalue weighted by Gasteiger charge is -2.38. The first-order valence-electron chi connectivity index (χ1n) is 7.70. The first kappa shape index (κ1) is 15.8. The number of hydrogen-bond acceptors (Lipinski definition) is 3. The highest BCUT2D eigenvalue weighted by atomic mass is 16.5. The van der Waals surface area contributed by atoms with Crippen molar-refractivity contribution in [3.63, 3.8) is 0 Å². The number of carboxylic acid groups (broad SMARTS) is 1. The molecule has 4 heteroatoms. The Balaban J connectivity index is 2.18. The topological polar surface area (TPSA) is 59.4 Å². The van der Waals surface area contributed by atoms with Gasteiger partial charge in [0.05, 0.1) is 5.56 Å². The molecule has 0 bridgehead atoms. The van der Waals surface area contributed by atoms with Crippen molar-refractivity contribution in [2.24, 2.45) is 11.3 Å². The summed E-state index contributed by atoms with van der Waals surface area (Å²) in [5, 5.41) is 9.18. The molecule has 116 valence electrons. The normalized spacial score (nSPS) is 24.6. The molecule has 21 heavy (non-hydrogen) atoms. The van der Waals surface area contributed by atoms with Gasteiger partial charge in [-0.05, 0) is 43.1 Å². The monoisotopic (exact) mass is 291 g/mol. The maximum absolute atomic E-state index is 11.2. The molecule has 1 aromatic rings. The van der Waals surface area contributed by atoms with Gasteiger partial charge in [-0.3, -0.25) is 0 Å². The van der Waals surface area contributed by atoms with E-state index in [4.69, 9.17) is 4.74 Å². The van der Waals surface area contributed by atoms with Crippen molar-refractivity contribution in [1.82, 2.24) is 4.98 Å². The maximum Gasteiger partial charge on any atom is 0.335 e. The average Bonchev–Trinajstić information content (AvgIpc) is 2.35. The van der Waals surface area contributed by atoms with E-state index in [0.29, 0.717) is 18.2 Å². The van der Waals surface area contributed by atoms with Crippen LogP contribution in [-0.2, 0) is 6.42 Å². The molecular weight excluding hydrogens is 266 g/mol. The Morgan fingerprint density at radius 1 is 1.43 bits per heavy atom. The quantitative estimate of drug-likeness (QED) is 0.913. The van der Waals surface area contributed by atoms with Crippen LogP contribution in [0.15, 0.2) is 12.1 Å². The van der Waals surface area contributed by atoms with E-state index < -0.39 is 5.97 Å². The van der Waals surface area contributed by atoms with Crippen LogP contribution in [0, 0.1) is 11.3 Å². The molecule has 1 aliphatic carbocycles. The molecule has 0 aliphatic heterocycles. The van der Waals surface area contributed by atoms with Crippen LogP contribution in [0.25, 0.3) is 0 Å². The van der Waals surface area contributed by atoms with Gasteiger partial charge in [-0.25, -0.2) is 9.78 Å². The Kier molecular flexibility index (Phi) is 4.55. The Morgan fingerprint density at radius 3 is 2.71 bits per heavy atom. The number of hydrogen-bond donors (Lipinski definition) is 1. The van der Waals surface area contributed by atoms with Gasteiger partial charge in [-0.1, -0.05) is 27.7 Å². The number of carbonyl (C=O) groups is 1. The number of nitrogens with zero attached hydrogens (tertiary/aromatic N) is 1. The molecule has 1 aliphatic rings. The lowest BCUT2D eigenvalue weighted by Crippen LogP contribution is -2.34. The first-order valence-corrected chi connectivity index (χ1v) is 7.70. The fourth-order valence-electron chi connectivity index (χ4n) is 3.44. The molecule has 0 saturated heterocycles. The zero-order valence-electron chi connectivity index (χ0n) is 13.3. The number of aromatic nitrogens is 1. The van der Waals surface area contributed by atoms with E-state index >= 15 is 0 Å². The minimum atomic E-state index is -0.936. The van der Waals surface area contributed by atoms with E-state index in [9.17, 15) is 9.90 Å². The van der Waals surface area contributed by atoms with Crippen molar-refractivity contribution in [1.29, 1.82) is 0 Å². The van der Waals surface area contributed by atoms with E-state index in [0.717, 1.165) is 18.5 Å². The Labute approximate surface area is 126 Å². The van der Waals surface area contributed by atoms with Crippen molar-refractivity contribution in [3.8, 4) is 5.88 Å². The van der Waals surface area contributed by atoms with Crippen LogP contribution in [0.2, 0.25) is 0 Å². The molecule has 1 fully saturated rings. The van der Waals surface area contributed by atoms with Gasteiger partial charge in [0.15, 0.2) is 0 Å². The van der Waals surface area contributed by atoms with Crippen molar-refractivity contribution in [2.45, 2.75) is 59.5 Å². The van der Waals surface area contributed by atoms with E-state index in [1.807, 2.05) is 6.92 Å². The molecule has 1 saturated carbocycles. The summed E-state index contributed by atoms with van der Waals surface area (Å²) in [5.74, 6) is 0.128. The number of aromatic carboxylic acids is 1. The van der Waals surface area contributed by atoms with Gasteiger partial charge in [-0.2, -0.15) is 0 Å². The van der Waals surface area contributed by atoms with Crippen molar-refractivity contribution in [2.75, 3.05) is 0 Å². The maximum atomic E-state index is 11.2. The summed E-state index contributed by atoms with van der Waals surface area (Å²) in [6.45, 7) is 8.73. The minimum Gasteiger partial charge on any atom is -0.478 e. The van der Waals surface area contributed by atoms with Gasteiger partial charge in [0, 0.05) is 11.8 Å². The van der Waals surface area contributed by atoms with Gasteiger partial charge >= 0.3 is 5.97 Å². The molecule has 0 spiro atoms. The standard InChI is InChI=1S/C17H25NO3/c1-5-13-7-12(16(19)20)8-15(18-13)21-14-6-11(2)9-17(3,4)10-14/h7-8,11,14H,5-6,9-10H2,1-4H3,(H,19,20). The third kappa shape index (κ3) is 4.19. The second-order valence-electron chi connectivity index (χ2n) is 7.00.